The molecular formula is C67H50N2. The summed E-state index contributed by atoms with van der Waals surface area (Å²) in [5, 5.41) is 0. The predicted octanol–water partition coefficient (Wildman–Crippen LogP) is 17.6. The number of nitrogens with zero attached hydrogens (tertiary/aromatic N) is 2. The lowest BCUT2D eigenvalue weighted by atomic mass is 9.70. The molecule has 328 valence electrons. The summed E-state index contributed by atoms with van der Waals surface area (Å²) in [4.78, 5) is 4.99. The van der Waals surface area contributed by atoms with Crippen molar-refractivity contribution in [2.75, 3.05) is 9.80 Å². The molecule has 1 spiro atoms. The monoisotopic (exact) mass is 882 g/mol. The van der Waals surface area contributed by atoms with Gasteiger partial charge in [-0.2, -0.15) is 0 Å². The highest BCUT2D eigenvalue weighted by Crippen LogP contribution is 2.66. The van der Waals surface area contributed by atoms with Gasteiger partial charge in [-0.25, -0.2) is 0 Å². The van der Waals surface area contributed by atoms with Crippen LogP contribution in [0.15, 0.2) is 231 Å². The van der Waals surface area contributed by atoms with Crippen molar-refractivity contribution >= 4 is 34.1 Å². The molecule has 2 nitrogen and oxygen atoms in total. The molecule has 0 saturated carbocycles. The second-order valence-corrected chi connectivity index (χ2v) is 20.4. The van der Waals surface area contributed by atoms with Gasteiger partial charge in [-0.15, -0.1) is 0 Å². The molecule has 0 aliphatic heterocycles. The van der Waals surface area contributed by atoms with E-state index in [2.05, 4.69) is 268 Å². The molecule has 0 radical (unpaired) electrons. The average Bonchev–Trinajstić information content (AvgIpc) is 4.02. The van der Waals surface area contributed by atoms with E-state index in [-0.39, 0.29) is 10.8 Å². The lowest BCUT2D eigenvalue weighted by Gasteiger charge is -2.33. The van der Waals surface area contributed by atoms with E-state index in [1.54, 1.807) is 0 Å². The first-order valence-electron chi connectivity index (χ1n) is 24.4. The first-order chi connectivity index (χ1) is 33.8. The Balaban J connectivity index is 1.03. The predicted molar refractivity (Wildman–Crippen MR) is 287 cm³/mol. The van der Waals surface area contributed by atoms with Gasteiger partial charge in [-0.3, -0.25) is 0 Å². The first kappa shape index (κ1) is 39.9. The molecule has 0 unspecified atom stereocenters. The van der Waals surface area contributed by atoms with E-state index in [9.17, 15) is 0 Å². The number of benzene rings is 10. The van der Waals surface area contributed by atoms with Gasteiger partial charge >= 0.3 is 0 Å². The van der Waals surface area contributed by atoms with Crippen LogP contribution in [0.3, 0.4) is 0 Å². The van der Waals surface area contributed by atoms with Gasteiger partial charge in [0.1, 0.15) is 0 Å². The third kappa shape index (κ3) is 5.37. The van der Waals surface area contributed by atoms with E-state index >= 15 is 0 Å². The Bertz CT molecular complexity index is 3700. The van der Waals surface area contributed by atoms with Crippen LogP contribution < -0.4 is 9.80 Å². The Morgan fingerprint density at radius 2 is 0.609 bits per heavy atom. The minimum absolute atomic E-state index is 0.134. The van der Waals surface area contributed by atoms with Crippen LogP contribution in [-0.4, -0.2) is 0 Å². The van der Waals surface area contributed by atoms with E-state index in [0.29, 0.717) is 0 Å². The van der Waals surface area contributed by atoms with Gasteiger partial charge in [0.25, 0.3) is 0 Å². The molecule has 10 aromatic carbocycles. The maximum Gasteiger partial charge on any atom is 0.0727 e. The molecule has 0 fully saturated rings. The molecule has 14 rings (SSSR count). The molecular weight excluding hydrogens is 833 g/mol. The maximum absolute atomic E-state index is 2.53. The molecule has 0 atom stereocenters. The van der Waals surface area contributed by atoms with Gasteiger partial charge < -0.3 is 9.80 Å². The van der Waals surface area contributed by atoms with Crippen LogP contribution in [0.5, 0.6) is 0 Å². The Morgan fingerprint density at radius 3 is 1.12 bits per heavy atom. The molecule has 10 aromatic rings. The maximum atomic E-state index is 2.53. The van der Waals surface area contributed by atoms with Gasteiger partial charge in [-0.05, 0) is 150 Å². The van der Waals surface area contributed by atoms with Gasteiger partial charge in [0, 0.05) is 44.8 Å². The Kier molecular flexibility index (Phi) is 8.33. The van der Waals surface area contributed by atoms with Crippen molar-refractivity contribution in [3.05, 3.63) is 275 Å². The van der Waals surface area contributed by atoms with Crippen LogP contribution in [0.2, 0.25) is 0 Å². The van der Waals surface area contributed by atoms with Gasteiger partial charge in [-0.1, -0.05) is 191 Å². The van der Waals surface area contributed by atoms with E-state index in [0.717, 1.165) is 28.4 Å². The summed E-state index contributed by atoms with van der Waals surface area (Å²) in [5.41, 5.74) is 27.2. The normalized spacial score (nSPS) is 15.0. The number of anilines is 6. The summed E-state index contributed by atoms with van der Waals surface area (Å²) in [6.07, 6.45) is 0. The van der Waals surface area contributed by atoms with Crippen molar-refractivity contribution in [2.45, 2.75) is 43.9 Å². The van der Waals surface area contributed by atoms with Crippen molar-refractivity contribution in [3.63, 3.8) is 0 Å². The molecule has 69 heavy (non-hydrogen) atoms. The van der Waals surface area contributed by atoms with Crippen molar-refractivity contribution in [2.24, 2.45) is 0 Å². The number of para-hydroxylation sites is 2. The van der Waals surface area contributed by atoms with E-state index in [1.165, 1.54) is 94.7 Å². The summed E-state index contributed by atoms with van der Waals surface area (Å²) in [7, 11) is 0. The van der Waals surface area contributed by atoms with Crippen LogP contribution in [-0.2, 0) is 16.2 Å². The second kappa shape index (κ2) is 14.4. The van der Waals surface area contributed by atoms with E-state index < -0.39 is 5.41 Å². The van der Waals surface area contributed by atoms with Gasteiger partial charge in [0.05, 0.1) is 11.1 Å². The Labute approximate surface area is 405 Å². The molecule has 0 bridgehead atoms. The summed E-state index contributed by atoms with van der Waals surface area (Å²) < 4.78 is 0. The van der Waals surface area contributed by atoms with Gasteiger partial charge in [0.2, 0.25) is 0 Å². The molecule has 0 N–H and O–H groups in total. The van der Waals surface area contributed by atoms with Gasteiger partial charge in [0.15, 0.2) is 0 Å². The minimum Gasteiger partial charge on any atom is -0.310 e. The smallest absolute Gasteiger partial charge is 0.0727 e. The summed E-state index contributed by atoms with van der Waals surface area (Å²) in [6.45, 7) is 9.50. The lowest BCUT2D eigenvalue weighted by molar-refractivity contribution is 0.660. The topological polar surface area (TPSA) is 6.48 Å². The van der Waals surface area contributed by atoms with E-state index in [1.807, 2.05) is 0 Å². The fourth-order valence-corrected chi connectivity index (χ4v) is 13.2. The number of rotatable bonds is 6. The van der Waals surface area contributed by atoms with Crippen molar-refractivity contribution in [1.82, 2.24) is 0 Å². The summed E-state index contributed by atoms with van der Waals surface area (Å²) in [6, 6.07) is 86.8. The lowest BCUT2D eigenvalue weighted by Crippen LogP contribution is -2.26. The quantitative estimate of drug-likeness (QED) is 0.164. The molecule has 0 aromatic heterocycles. The van der Waals surface area contributed by atoms with Crippen LogP contribution in [0, 0.1) is 0 Å². The van der Waals surface area contributed by atoms with Crippen molar-refractivity contribution in [1.29, 1.82) is 0 Å². The standard InChI is InChI=1S/C67H50N2/c1-65(2)55-28-15-11-24-48(55)52-37-34-45(40-60(52)65)68(43-20-7-5-8-21-43)46-36-39-54-62(42-46)67(57-30-17-13-26-50(57)51-27-14-18-31-58(51)67)59-32-19-33-63(64(54)59)69(44-22-9-6-10-23-44)47-35-38-53-49-25-12-16-29-56(49)66(3,4)61(53)41-47/h5-42H,1-4H3. The summed E-state index contributed by atoms with van der Waals surface area (Å²) in [5.74, 6) is 0. The van der Waals surface area contributed by atoms with Crippen LogP contribution in [0.25, 0.3) is 44.5 Å². The third-order valence-electron chi connectivity index (χ3n) is 16.3. The molecule has 0 heterocycles. The van der Waals surface area contributed by atoms with Crippen molar-refractivity contribution in [3.8, 4) is 44.5 Å². The number of hydrogen-bond donors (Lipinski definition) is 0. The molecule has 4 aliphatic rings. The van der Waals surface area contributed by atoms with Crippen LogP contribution in [0.4, 0.5) is 34.1 Å². The van der Waals surface area contributed by atoms with E-state index in [4.69, 9.17) is 0 Å². The fourth-order valence-electron chi connectivity index (χ4n) is 13.2. The zero-order valence-corrected chi connectivity index (χ0v) is 39.3. The highest BCUT2D eigenvalue weighted by atomic mass is 15.2. The highest BCUT2D eigenvalue weighted by Gasteiger charge is 2.53. The Hall–Kier alpha value is -8.20. The molecule has 0 amide bonds. The minimum atomic E-state index is -0.572. The highest BCUT2D eigenvalue weighted by molar-refractivity contribution is 6.02. The zero-order chi connectivity index (χ0) is 46.2. The average molecular weight is 883 g/mol. The molecule has 4 aliphatic carbocycles. The first-order valence-corrected chi connectivity index (χ1v) is 24.4. The largest absolute Gasteiger partial charge is 0.310 e. The molecule has 2 heteroatoms. The number of fused-ring (bicyclic) bond motifs is 16. The summed E-state index contributed by atoms with van der Waals surface area (Å²) >= 11 is 0. The van der Waals surface area contributed by atoms with Crippen LogP contribution in [0.1, 0.15) is 72.2 Å². The number of hydrogen-bond acceptors (Lipinski definition) is 2. The third-order valence-corrected chi connectivity index (χ3v) is 16.3. The fraction of sp³-hybridized carbons (Fsp3) is 0.104. The molecule has 0 saturated heterocycles. The van der Waals surface area contributed by atoms with Crippen LogP contribution >= 0.6 is 0 Å². The Morgan fingerprint density at radius 1 is 0.246 bits per heavy atom. The van der Waals surface area contributed by atoms with Crippen molar-refractivity contribution < 1.29 is 0 Å². The SMILES string of the molecule is CC1(C)c2ccccc2-c2ccc(N(c3ccccc3)c3ccc4c(c3)C3(c5ccccc5-c5ccccc53)c3cccc(N(c5ccccc5)c5ccc6c(c5)C(C)(C)c5ccccc5-6)c3-4)cc21. The second-order valence-electron chi connectivity index (χ2n) is 20.4. The zero-order valence-electron chi connectivity index (χ0n) is 39.3.